The average Bonchev–Trinajstić information content (AvgIpc) is 3.40. The van der Waals surface area contributed by atoms with E-state index in [0.29, 0.717) is 27.6 Å². The number of hydrogen-bond acceptors (Lipinski definition) is 6. The van der Waals surface area contributed by atoms with Crippen LogP contribution in [-0.4, -0.2) is 17.6 Å². The number of aryl methyl sites for hydroxylation is 2. The minimum Gasteiger partial charge on any atom is -0.353 e. The molecule has 0 radical (unpaired) electrons. The lowest BCUT2D eigenvalue weighted by Gasteiger charge is -2.29. The molecule has 6 nitrogen and oxygen atoms in total. The van der Waals surface area contributed by atoms with Gasteiger partial charge in [0.2, 0.25) is 5.91 Å². The molecule has 3 aromatic rings. The Hall–Kier alpha value is -3.80. The number of rotatable bonds is 7. The normalized spacial score (nSPS) is 15.2. The summed E-state index contributed by atoms with van der Waals surface area (Å²) in [5.41, 5.74) is 5.24. The Morgan fingerprint density at radius 1 is 1.00 bits per heavy atom. The van der Waals surface area contributed by atoms with E-state index in [9.17, 15) is 14.9 Å². The van der Waals surface area contributed by atoms with Gasteiger partial charge in [0.05, 0.1) is 28.3 Å². The number of thiophene rings is 1. The molecule has 2 heterocycles. The third-order valence-electron chi connectivity index (χ3n) is 5.89. The number of nitriles is 1. The molecule has 3 N–H and O–H groups in total. The fraction of sp³-hybridized carbons (Fsp3) is 0.179. The van der Waals surface area contributed by atoms with E-state index in [1.165, 1.54) is 23.1 Å². The van der Waals surface area contributed by atoms with Crippen LogP contribution >= 0.6 is 23.1 Å². The van der Waals surface area contributed by atoms with Crippen LogP contribution in [0.2, 0.25) is 0 Å². The summed E-state index contributed by atoms with van der Waals surface area (Å²) in [6.07, 6.45) is 0. The molecule has 0 fully saturated rings. The smallest absolute Gasteiger partial charge is 0.254 e. The van der Waals surface area contributed by atoms with E-state index in [0.717, 1.165) is 21.7 Å². The van der Waals surface area contributed by atoms with Crippen LogP contribution in [0.25, 0.3) is 0 Å². The number of allylic oxidation sites excluding steroid dienone is 2. The molecular weight excluding hydrogens is 488 g/mol. The third kappa shape index (κ3) is 5.70. The van der Waals surface area contributed by atoms with E-state index >= 15 is 0 Å². The van der Waals surface area contributed by atoms with Gasteiger partial charge >= 0.3 is 0 Å². The molecule has 182 valence electrons. The molecule has 1 unspecified atom stereocenters. The minimum absolute atomic E-state index is 0.121. The van der Waals surface area contributed by atoms with Crippen molar-refractivity contribution in [3.05, 3.63) is 104 Å². The highest BCUT2D eigenvalue weighted by molar-refractivity contribution is 8.03. The molecule has 1 atom stereocenters. The maximum absolute atomic E-state index is 13.4. The second-order valence-electron chi connectivity index (χ2n) is 8.42. The number of anilines is 2. The Balaban J connectivity index is 1.57. The van der Waals surface area contributed by atoms with Crippen LogP contribution in [0.5, 0.6) is 0 Å². The van der Waals surface area contributed by atoms with Gasteiger partial charge in [0.15, 0.2) is 0 Å². The maximum atomic E-state index is 13.4. The Labute approximate surface area is 219 Å². The lowest BCUT2D eigenvalue weighted by molar-refractivity contribution is -0.114. The number of para-hydroxylation sites is 1. The zero-order valence-corrected chi connectivity index (χ0v) is 21.8. The molecule has 2 aromatic carbocycles. The van der Waals surface area contributed by atoms with Crippen LogP contribution in [-0.2, 0) is 9.59 Å². The fourth-order valence-electron chi connectivity index (χ4n) is 3.94. The monoisotopic (exact) mass is 514 g/mol. The average molecular weight is 515 g/mol. The van der Waals surface area contributed by atoms with Crippen molar-refractivity contribution in [3.8, 4) is 6.07 Å². The molecule has 0 aliphatic carbocycles. The molecule has 0 bridgehead atoms. The number of nitrogens with one attached hydrogen (secondary N) is 3. The van der Waals surface area contributed by atoms with Gasteiger partial charge in [-0.1, -0.05) is 42.1 Å². The number of benzene rings is 2. The molecule has 1 aliphatic heterocycles. The Kier molecular flexibility index (Phi) is 7.93. The predicted molar refractivity (Wildman–Crippen MR) is 148 cm³/mol. The second kappa shape index (κ2) is 11.3. The second-order valence-corrected chi connectivity index (χ2v) is 10.4. The van der Waals surface area contributed by atoms with Crippen LogP contribution in [0.1, 0.15) is 28.8 Å². The first-order valence-corrected chi connectivity index (χ1v) is 13.3. The van der Waals surface area contributed by atoms with Crippen LogP contribution in [0.4, 0.5) is 11.4 Å². The summed E-state index contributed by atoms with van der Waals surface area (Å²) < 4.78 is 0. The number of carbonyl (C=O) groups excluding carboxylic acids is 2. The van der Waals surface area contributed by atoms with Gasteiger partial charge in [0.1, 0.15) is 0 Å². The lowest BCUT2D eigenvalue weighted by Crippen LogP contribution is -2.30. The van der Waals surface area contributed by atoms with Gasteiger partial charge in [-0.05, 0) is 67.6 Å². The van der Waals surface area contributed by atoms with Crippen molar-refractivity contribution in [1.29, 1.82) is 5.26 Å². The van der Waals surface area contributed by atoms with Crippen molar-refractivity contribution >= 4 is 46.3 Å². The molecular formula is C28H26N4O2S2. The van der Waals surface area contributed by atoms with Crippen LogP contribution in [0.3, 0.4) is 0 Å². The third-order valence-corrected chi connectivity index (χ3v) is 7.84. The lowest BCUT2D eigenvalue weighted by atomic mass is 9.86. The van der Waals surface area contributed by atoms with Crippen LogP contribution < -0.4 is 16.0 Å². The van der Waals surface area contributed by atoms with Gasteiger partial charge in [-0.15, -0.1) is 11.3 Å². The van der Waals surface area contributed by atoms with E-state index in [2.05, 4.69) is 22.0 Å². The van der Waals surface area contributed by atoms with E-state index in [-0.39, 0.29) is 17.6 Å². The zero-order chi connectivity index (χ0) is 25.7. The first-order chi connectivity index (χ1) is 17.4. The van der Waals surface area contributed by atoms with E-state index < -0.39 is 5.92 Å². The van der Waals surface area contributed by atoms with Crippen molar-refractivity contribution < 1.29 is 9.59 Å². The number of amides is 2. The molecule has 0 saturated carbocycles. The van der Waals surface area contributed by atoms with Gasteiger partial charge in [0, 0.05) is 27.5 Å². The first kappa shape index (κ1) is 25.3. The van der Waals surface area contributed by atoms with Gasteiger partial charge in [0.25, 0.3) is 5.91 Å². The standard InChI is InChI=1S/C28H26N4O2S2/c1-17-11-12-21(14-18(17)2)31-24(33)16-36-28-22(15-29)26(23-10-7-13-35-23)25(19(3)30-28)27(34)32-20-8-5-4-6-9-20/h4-14,26,30H,16H2,1-3H3,(H,31,33)(H,32,34). The molecule has 0 saturated heterocycles. The van der Waals surface area contributed by atoms with Crippen molar-refractivity contribution in [1.82, 2.24) is 5.32 Å². The van der Waals surface area contributed by atoms with Crippen molar-refractivity contribution in [2.75, 3.05) is 16.4 Å². The van der Waals surface area contributed by atoms with Crippen molar-refractivity contribution in [3.63, 3.8) is 0 Å². The summed E-state index contributed by atoms with van der Waals surface area (Å²) >= 11 is 2.75. The quantitative estimate of drug-likeness (QED) is 0.356. The highest BCUT2D eigenvalue weighted by Gasteiger charge is 2.35. The van der Waals surface area contributed by atoms with Gasteiger partial charge in [-0.2, -0.15) is 5.26 Å². The van der Waals surface area contributed by atoms with E-state index in [4.69, 9.17) is 0 Å². The maximum Gasteiger partial charge on any atom is 0.254 e. The minimum atomic E-state index is -0.523. The molecule has 1 aliphatic rings. The molecule has 2 amide bonds. The van der Waals surface area contributed by atoms with Crippen molar-refractivity contribution in [2.24, 2.45) is 0 Å². The number of nitrogens with zero attached hydrogens (tertiary/aromatic N) is 1. The number of dihydropyridines is 1. The Bertz CT molecular complexity index is 1390. The topological polar surface area (TPSA) is 94.0 Å². The van der Waals surface area contributed by atoms with Gasteiger partial charge in [-0.3, -0.25) is 9.59 Å². The number of carbonyl (C=O) groups is 2. The van der Waals surface area contributed by atoms with Gasteiger partial charge < -0.3 is 16.0 Å². The fourth-order valence-corrected chi connectivity index (χ4v) is 5.68. The number of hydrogen-bond donors (Lipinski definition) is 3. The molecule has 0 spiro atoms. The predicted octanol–water partition coefficient (Wildman–Crippen LogP) is 6.07. The SMILES string of the molecule is CC1=C(C(=O)Nc2ccccc2)C(c2cccs2)C(C#N)=C(SCC(=O)Nc2ccc(C)c(C)c2)N1. The Morgan fingerprint density at radius 2 is 1.78 bits per heavy atom. The highest BCUT2D eigenvalue weighted by atomic mass is 32.2. The Morgan fingerprint density at radius 3 is 2.44 bits per heavy atom. The summed E-state index contributed by atoms with van der Waals surface area (Å²) in [6, 6.07) is 21.2. The molecule has 36 heavy (non-hydrogen) atoms. The van der Waals surface area contributed by atoms with E-state index in [1.54, 1.807) is 0 Å². The summed E-state index contributed by atoms with van der Waals surface area (Å²) in [5.74, 6) is -0.841. The molecule has 1 aromatic heterocycles. The summed E-state index contributed by atoms with van der Waals surface area (Å²) in [6.45, 7) is 5.85. The zero-order valence-electron chi connectivity index (χ0n) is 20.2. The van der Waals surface area contributed by atoms with Crippen LogP contribution in [0, 0.1) is 25.2 Å². The van der Waals surface area contributed by atoms with Crippen molar-refractivity contribution in [2.45, 2.75) is 26.7 Å². The van der Waals surface area contributed by atoms with E-state index in [1.807, 2.05) is 86.8 Å². The summed E-state index contributed by atoms with van der Waals surface area (Å²) in [5, 5.41) is 21.8. The largest absolute Gasteiger partial charge is 0.353 e. The molecule has 4 rings (SSSR count). The summed E-state index contributed by atoms with van der Waals surface area (Å²) in [4.78, 5) is 26.9. The molecule has 8 heteroatoms. The van der Waals surface area contributed by atoms with Crippen LogP contribution in [0.15, 0.2) is 87.9 Å². The summed E-state index contributed by atoms with van der Waals surface area (Å²) in [7, 11) is 0. The first-order valence-electron chi connectivity index (χ1n) is 11.4. The van der Waals surface area contributed by atoms with Gasteiger partial charge in [-0.25, -0.2) is 0 Å². The number of thioether (sulfide) groups is 1. The highest BCUT2D eigenvalue weighted by Crippen LogP contribution is 2.42.